The number of hydrogen-bond acceptors (Lipinski definition) is 4. The number of amides is 1. The molecule has 2 fully saturated rings. The highest BCUT2D eigenvalue weighted by atomic mass is 16.6. The van der Waals surface area contributed by atoms with Crippen molar-refractivity contribution in [1.82, 2.24) is 10.2 Å². The smallest absolute Gasteiger partial charge is 0.410 e. The summed E-state index contributed by atoms with van der Waals surface area (Å²) in [6.07, 6.45) is 2.13. The Morgan fingerprint density at radius 3 is 2.72 bits per heavy atom. The van der Waals surface area contributed by atoms with Gasteiger partial charge in [0.05, 0.1) is 19.2 Å². The zero-order valence-electron chi connectivity index (χ0n) is 11.8. The molecule has 1 atom stereocenters. The Morgan fingerprint density at radius 2 is 2.17 bits per heavy atom. The molecular weight excluding hydrogens is 232 g/mol. The molecule has 1 unspecified atom stereocenters. The maximum atomic E-state index is 11.8. The van der Waals surface area contributed by atoms with Crippen LogP contribution in [0.2, 0.25) is 0 Å². The van der Waals surface area contributed by atoms with Crippen molar-refractivity contribution in [3.8, 4) is 0 Å². The molecule has 0 bridgehead atoms. The third-order valence-corrected chi connectivity index (χ3v) is 3.31. The van der Waals surface area contributed by atoms with Crippen LogP contribution in [-0.4, -0.2) is 48.1 Å². The molecule has 0 aromatic rings. The monoisotopic (exact) mass is 256 g/mol. The van der Waals surface area contributed by atoms with Crippen molar-refractivity contribution >= 4 is 6.09 Å². The number of carbonyl (C=O) groups is 1. The number of hydrogen-bond donors (Lipinski definition) is 1. The summed E-state index contributed by atoms with van der Waals surface area (Å²) in [5, 5.41) is 3.37. The fraction of sp³-hybridized carbons (Fsp3) is 0.923. The Balaban J connectivity index is 1.84. The van der Waals surface area contributed by atoms with Crippen LogP contribution >= 0.6 is 0 Å². The van der Waals surface area contributed by atoms with E-state index in [0.717, 1.165) is 19.4 Å². The maximum absolute atomic E-state index is 11.8. The number of likely N-dealkylation sites (tertiary alicyclic amines) is 1. The highest BCUT2D eigenvalue weighted by Gasteiger charge is 2.50. The Labute approximate surface area is 109 Å². The van der Waals surface area contributed by atoms with E-state index in [2.05, 4.69) is 12.2 Å². The van der Waals surface area contributed by atoms with Crippen molar-refractivity contribution in [3.05, 3.63) is 0 Å². The molecule has 18 heavy (non-hydrogen) atoms. The van der Waals surface area contributed by atoms with Gasteiger partial charge in [0.15, 0.2) is 5.72 Å². The van der Waals surface area contributed by atoms with E-state index in [0.29, 0.717) is 19.2 Å². The molecule has 1 N–H and O–H groups in total. The molecule has 0 aromatic heterocycles. The third-order valence-electron chi connectivity index (χ3n) is 3.31. The predicted octanol–water partition coefficient (Wildman–Crippen LogP) is 1.72. The molecule has 2 heterocycles. The van der Waals surface area contributed by atoms with Gasteiger partial charge in [0, 0.05) is 6.54 Å². The predicted molar refractivity (Wildman–Crippen MR) is 68.3 cm³/mol. The first-order valence-electron chi connectivity index (χ1n) is 6.74. The van der Waals surface area contributed by atoms with Crippen LogP contribution in [0, 0.1) is 0 Å². The Kier molecular flexibility index (Phi) is 3.56. The standard InChI is InChI=1S/C13H24N2O3/c1-5-10-6-7-14-13(17-10)8-15(9-13)11(16)18-12(2,3)4/h10,14H,5-9H2,1-4H3. The van der Waals surface area contributed by atoms with Crippen LogP contribution in [0.4, 0.5) is 4.79 Å². The van der Waals surface area contributed by atoms with Gasteiger partial charge in [-0.05, 0) is 33.6 Å². The van der Waals surface area contributed by atoms with Gasteiger partial charge < -0.3 is 9.47 Å². The number of carbonyl (C=O) groups excluding carboxylic acids is 1. The van der Waals surface area contributed by atoms with E-state index in [1.165, 1.54) is 0 Å². The van der Waals surface area contributed by atoms with E-state index < -0.39 is 5.60 Å². The normalized spacial score (nSPS) is 26.9. The molecule has 1 amide bonds. The first-order valence-corrected chi connectivity index (χ1v) is 6.74. The van der Waals surface area contributed by atoms with Crippen LogP contribution < -0.4 is 5.32 Å². The second kappa shape index (κ2) is 4.70. The molecular formula is C13H24N2O3. The minimum Gasteiger partial charge on any atom is -0.444 e. The van der Waals surface area contributed by atoms with Crippen molar-refractivity contribution in [3.63, 3.8) is 0 Å². The molecule has 5 heteroatoms. The molecule has 2 aliphatic rings. The van der Waals surface area contributed by atoms with E-state index in [1.54, 1.807) is 4.90 Å². The largest absolute Gasteiger partial charge is 0.444 e. The lowest BCUT2D eigenvalue weighted by atomic mass is 10.0. The van der Waals surface area contributed by atoms with E-state index in [1.807, 2.05) is 20.8 Å². The zero-order valence-corrected chi connectivity index (χ0v) is 11.8. The van der Waals surface area contributed by atoms with E-state index in [-0.39, 0.29) is 11.8 Å². The molecule has 1 spiro atoms. The average Bonchev–Trinajstić information content (AvgIpc) is 2.23. The summed E-state index contributed by atoms with van der Waals surface area (Å²) in [5.41, 5.74) is -0.761. The topological polar surface area (TPSA) is 50.8 Å². The van der Waals surface area contributed by atoms with Gasteiger partial charge in [-0.15, -0.1) is 0 Å². The molecule has 0 radical (unpaired) electrons. The molecule has 104 valence electrons. The van der Waals surface area contributed by atoms with Crippen molar-refractivity contribution in [1.29, 1.82) is 0 Å². The first-order chi connectivity index (χ1) is 8.34. The number of ether oxygens (including phenoxy) is 2. The fourth-order valence-corrected chi connectivity index (χ4v) is 2.38. The van der Waals surface area contributed by atoms with Gasteiger partial charge in [0.2, 0.25) is 0 Å². The van der Waals surface area contributed by atoms with Gasteiger partial charge in [-0.25, -0.2) is 4.79 Å². The summed E-state index contributed by atoms with van der Waals surface area (Å²) in [6, 6.07) is 0. The second-order valence-electron chi connectivity index (χ2n) is 6.19. The van der Waals surface area contributed by atoms with Crippen molar-refractivity contribution in [2.24, 2.45) is 0 Å². The quantitative estimate of drug-likeness (QED) is 0.776. The van der Waals surface area contributed by atoms with E-state index in [4.69, 9.17) is 9.47 Å². The lowest BCUT2D eigenvalue weighted by molar-refractivity contribution is -0.206. The van der Waals surface area contributed by atoms with Crippen molar-refractivity contribution < 1.29 is 14.3 Å². The number of nitrogens with zero attached hydrogens (tertiary/aromatic N) is 1. The van der Waals surface area contributed by atoms with Crippen LogP contribution in [0.3, 0.4) is 0 Å². The molecule has 2 aliphatic heterocycles. The summed E-state index contributed by atoms with van der Waals surface area (Å²) in [7, 11) is 0. The maximum Gasteiger partial charge on any atom is 0.410 e. The first kappa shape index (κ1) is 13.6. The van der Waals surface area contributed by atoms with E-state index in [9.17, 15) is 4.79 Å². The number of rotatable bonds is 1. The van der Waals surface area contributed by atoms with Crippen LogP contribution in [0.5, 0.6) is 0 Å². The lowest BCUT2D eigenvalue weighted by Gasteiger charge is -2.53. The minimum atomic E-state index is -0.438. The molecule has 2 rings (SSSR count). The Bertz CT molecular complexity index is 319. The summed E-state index contributed by atoms with van der Waals surface area (Å²) in [6.45, 7) is 9.89. The van der Waals surface area contributed by atoms with Crippen LogP contribution in [-0.2, 0) is 9.47 Å². The minimum absolute atomic E-state index is 0.253. The Hall–Kier alpha value is -0.810. The van der Waals surface area contributed by atoms with Gasteiger partial charge in [-0.3, -0.25) is 10.2 Å². The summed E-state index contributed by atoms with van der Waals surface area (Å²) in [4.78, 5) is 13.5. The summed E-state index contributed by atoms with van der Waals surface area (Å²) >= 11 is 0. The molecule has 0 saturated carbocycles. The highest BCUT2D eigenvalue weighted by Crippen LogP contribution is 2.29. The number of nitrogens with one attached hydrogen (secondary N) is 1. The highest BCUT2D eigenvalue weighted by molar-refractivity contribution is 5.69. The summed E-state index contributed by atoms with van der Waals surface area (Å²) in [5.74, 6) is 0. The van der Waals surface area contributed by atoms with Gasteiger partial charge in [0.1, 0.15) is 5.60 Å². The van der Waals surface area contributed by atoms with Crippen LogP contribution in [0.25, 0.3) is 0 Å². The van der Waals surface area contributed by atoms with E-state index >= 15 is 0 Å². The molecule has 2 saturated heterocycles. The van der Waals surface area contributed by atoms with Crippen molar-refractivity contribution in [2.45, 2.75) is 58.0 Å². The zero-order chi connectivity index (χ0) is 13.4. The van der Waals surface area contributed by atoms with Gasteiger partial charge in [0.25, 0.3) is 0 Å². The summed E-state index contributed by atoms with van der Waals surface area (Å²) < 4.78 is 11.3. The molecule has 0 aromatic carbocycles. The van der Waals surface area contributed by atoms with Gasteiger partial charge in [-0.1, -0.05) is 6.92 Å². The Morgan fingerprint density at radius 1 is 1.50 bits per heavy atom. The van der Waals surface area contributed by atoms with Crippen LogP contribution in [0.1, 0.15) is 40.5 Å². The average molecular weight is 256 g/mol. The second-order valence-corrected chi connectivity index (χ2v) is 6.19. The third kappa shape index (κ3) is 2.95. The fourth-order valence-electron chi connectivity index (χ4n) is 2.38. The van der Waals surface area contributed by atoms with Crippen LogP contribution in [0.15, 0.2) is 0 Å². The van der Waals surface area contributed by atoms with Gasteiger partial charge in [-0.2, -0.15) is 0 Å². The lowest BCUT2D eigenvalue weighted by Crippen LogP contribution is -2.74. The van der Waals surface area contributed by atoms with Gasteiger partial charge >= 0.3 is 6.09 Å². The molecule has 5 nitrogen and oxygen atoms in total. The molecule has 0 aliphatic carbocycles. The SMILES string of the molecule is CCC1CCNC2(CN(C(=O)OC(C)(C)C)C2)O1. The van der Waals surface area contributed by atoms with Crippen molar-refractivity contribution in [2.75, 3.05) is 19.6 Å².